The maximum absolute atomic E-state index is 13.6. The Hall–Kier alpha value is -2.66. The highest BCUT2D eigenvalue weighted by Crippen LogP contribution is 2.40. The van der Waals surface area contributed by atoms with E-state index in [0.29, 0.717) is 31.3 Å². The van der Waals surface area contributed by atoms with E-state index < -0.39 is 0 Å². The molecule has 176 valence electrons. The minimum atomic E-state index is -0.271. The fourth-order valence-electron chi connectivity index (χ4n) is 5.46. The maximum Gasteiger partial charge on any atom is 0.328 e. The van der Waals surface area contributed by atoms with Crippen LogP contribution in [0.2, 0.25) is 0 Å². The lowest BCUT2D eigenvalue weighted by molar-refractivity contribution is 0.261. The van der Waals surface area contributed by atoms with Crippen molar-refractivity contribution in [3.05, 3.63) is 91.8 Å². The van der Waals surface area contributed by atoms with Crippen LogP contribution < -0.4 is 11.2 Å². The third kappa shape index (κ3) is 5.64. The van der Waals surface area contributed by atoms with Gasteiger partial charge in [-0.05, 0) is 76.4 Å². The van der Waals surface area contributed by atoms with E-state index in [1.54, 1.807) is 0 Å². The number of aryl methyl sites for hydroxylation is 1. The van der Waals surface area contributed by atoms with Gasteiger partial charge in [0, 0.05) is 30.8 Å². The fourth-order valence-corrected chi connectivity index (χ4v) is 5.46. The fraction of sp³-hybridized carbons (Fsp3) is 0.500. The smallest absolute Gasteiger partial charge is 0.310 e. The zero-order valence-electron chi connectivity index (χ0n) is 20.2. The van der Waals surface area contributed by atoms with Gasteiger partial charge in [-0.15, -0.1) is 0 Å². The lowest BCUT2D eigenvalue weighted by Crippen LogP contribution is -2.41. The van der Waals surface area contributed by atoms with Crippen LogP contribution in [0.15, 0.2) is 58.2 Å². The molecule has 5 heteroatoms. The van der Waals surface area contributed by atoms with Crippen molar-refractivity contribution in [2.24, 2.45) is 11.8 Å². The summed E-state index contributed by atoms with van der Waals surface area (Å²) in [6.45, 7) is 3.13. The Bertz CT molecular complexity index is 1130. The first-order valence-electron chi connectivity index (χ1n) is 12.3. The van der Waals surface area contributed by atoms with Gasteiger partial charge in [-0.25, -0.2) is 4.79 Å². The Kier molecular flexibility index (Phi) is 7.49. The van der Waals surface area contributed by atoms with Crippen LogP contribution in [0.4, 0.5) is 0 Å². The summed E-state index contributed by atoms with van der Waals surface area (Å²) in [4.78, 5) is 31.7. The van der Waals surface area contributed by atoms with E-state index in [1.807, 2.05) is 25.1 Å². The zero-order valence-corrected chi connectivity index (χ0v) is 20.2. The normalized spacial score (nSPS) is 22.7. The summed E-state index contributed by atoms with van der Waals surface area (Å²) in [6.07, 6.45) is 14.9. The predicted octanol–water partition coefficient (Wildman–Crippen LogP) is 4.40. The number of hydrogen-bond donors (Lipinski definition) is 1. The van der Waals surface area contributed by atoms with Gasteiger partial charge in [-0.1, -0.05) is 54.1 Å². The summed E-state index contributed by atoms with van der Waals surface area (Å²) in [5.41, 5.74) is 3.55. The molecule has 1 fully saturated rings. The van der Waals surface area contributed by atoms with Crippen molar-refractivity contribution in [2.45, 2.75) is 57.9 Å². The van der Waals surface area contributed by atoms with Gasteiger partial charge in [0.1, 0.15) is 0 Å². The molecule has 1 saturated carbocycles. The molecule has 0 amide bonds. The maximum atomic E-state index is 13.6. The average molecular weight is 448 g/mol. The summed E-state index contributed by atoms with van der Waals surface area (Å²) in [6, 6.07) is 8.32. The number of rotatable bonds is 7. The van der Waals surface area contributed by atoms with Gasteiger partial charge in [-0.3, -0.25) is 9.36 Å². The van der Waals surface area contributed by atoms with Crippen LogP contribution in [0.3, 0.4) is 0 Å². The number of benzene rings is 1. The quantitative estimate of drug-likeness (QED) is 0.684. The molecule has 1 aromatic carbocycles. The third-order valence-corrected chi connectivity index (χ3v) is 7.35. The van der Waals surface area contributed by atoms with Gasteiger partial charge in [0.25, 0.3) is 5.56 Å². The molecule has 0 radical (unpaired) electrons. The summed E-state index contributed by atoms with van der Waals surface area (Å²) < 4.78 is 1.39. The van der Waals surface area contributed by atoms with E-state index in [9.17, 15) is 9.59 Å². The molecule has 0 saturated heterocycles. The topological polar surface area (TPSA) is 58.1 Å². The average Bonchev–Trinajstić information content (AvgIpc) is 2.81. The van der Waals surface area contributed by atoms with Gasteiger partial charge in [-0.2, -0.15) is 0 Å². The Morgan fingerprint density at radius 3 is 2.55 bits per heavy atom. The van der Waals surface area contributed by atoms with Crippen molar-refractivity contribution < 1.29 is 0 Å². The summed E-state index contributed by atoms with van der Waals surface area (Å²) in [5.74, 6) is 1.56. The molecule has 0 aliphatic heterocycles. The number of likely N-dealkylation sites (N-methyl/N-ethyl adjacent to an activating group) is 1. The monoisotopic (exact) mass is 447 g/mol. The van der Waals surface area contributed by atoms with Gasteiger partial charge in [0.15, 0.2) is 0 Å². The molecule has 2 aliphatic rings. The molecule has 1 N–H and O–H groups in total. The number of nitrogens with one attached hydrogen (secondary N) is 1. The van der Waals surface area contributed by atoms with Crippen molar-refractivity contribution in [2.75, 3.05) is 20.6 Å². The largest absolute Gasteiger partial charge is 0.328 e. The number of hydrogen-bond acceptors (Lipinski definition) is 3. The molecule has 1 heterocycles. The molecule has 1 unspecified atom stereocenters. The van der Waals surface area contributed by atoms with Gasteiger partial charge >= 0.3 is 5.69 Å². The van der Waals surface area contributed by atoms with Crippen LogP contribution in [-0.4, -0.2) is 35.1 Å². The zero-order chi connectivity index (χ0) is 23.4. The summed E-state index contributed by atoms with van der Waals surface area (Å²) in [7, 11) is 3.91. The molecule has 33 heavy (non-hydrogen) atoms. The second-order valence-electron chi connectivity index (χ2n) is 10.1. The second-order valence-corrected chi connectivity index (χ2v) is 10.1. The third-order valence-electron chi connectivity index (χ3n) is 7.35. The Morgan fingerprint density at radius 2 is 1.88 bits per heavy atom. The Morgan fingerprint density at radius 1 is 1.09 bits per heavy atom. The standard InChI is InChI=1S/C28H37N3O2/c1-20-8-7-9-21(18-20)19-25-26(29-28(33)31(27(25)32)17-16-30(2)3)24-14-12-23(13-15-24)22-10-5-4-6-11-22/h4-10,18,22-24H,11-17,19H2,1-3H3,(H,29,33)/t22?,23-,24-. The number of aromatic nitrogens is 2. The van der Waals surface area contributed by atoms with E-state index in [1.165, 1.54) is 10.1 Å². The van der Waals surface area contributed by atoms with Crippen LogP contribution in [0.25, 0.3) is 0 Å². The van der Waals surface area contributed by atoms with Crippen molar-refractivity contribution in [1.82, 2.24) is 14.5 Å². The summed E-state index contributed by atoms with van der Waals surface area (Å²) in [5, 5.41) is 0. The van der Waals surface area contributed by atoms with E-state index in [-0.39, 0.29) is 17.2 Å². The van der Waals surface area contributed by atoms with Crippen molar-refractivity contribution in [3.63, 3.8) is 0 Å². The first kappa shape index (κ1) is 23.5. The number of H-pyrrole nitrogens is 1. The summed E-state index contributed by atoms with van der Waals surface area (Å²) >= 11 is 0. The molecule has 0 spiro atoms. The number of aromatic amines is 1. The molecule has 2 aromatic rings. The highest BCUT2D eigenvalue weighted by Gasteiger charge is 2.30. The first-order chi connectivity index (χ1) is 15.9. The molecular formula is C28H37N3O2. The Balaban J connectivity index is 1.63. The van der Waals surface area contributed by atoms with Crippen molar-refractivity contribution in [1.29, 1.82) is 0 Å². The van der Waals surface area contributed by atoms with E-state index in [4.69, 9.17) is 0 Å². The van der Waals surface area contributed by atoms with Crippen LogP contribution in [-0.2, 0) is 13.0 Å². The highest BCUT2D eigenvalue weighted by molar-refractivity contribution is 5.31. The SMILES string of the molecule is Cc1cccc(Cc2c(=O)n(CCN(C)C)c(=O)[nH]c2[C@H]2CC[C@H](C3C=CC=CC3)CC2)c1. The Labute approximate surface area is 196 Å². The van der Waals surface area contributed by atoms with Crippen LogP contribution >= 0.6 is 0 Å². The number of nitrogens with zero attached hydrogens (tertiary/aromatic N) is 2. The highest BCUT2D eigenvalue weighted by atomic mass is 16.2. The molecule has 2 aliphatic carbocycles. The molecule has 0 bridgehead atoms. The molecule has 1 atom stereocenters. The molecule has 5 nitrogen and oxygen atoms in total. The molecular weight excluding hydrogens is 410 g/mol. The van der Waals surface area contributed by atoms with Crippen molar-refractivity contribution in [3.8, 4) is 0 Å². The number of allylic oxidation sites excluding steroid dienone is 4. The van der Waals surface area contributed by atoms with Crippen LogP contribution in [0.1, 0.15) is 60.4 Å². The van der Waals surface area contributed by atoms with E-state index in [2.05, 4.69) is 54.4 Å². The van der Waals surface area contributed by atoms with Gasteiger partial charge < -0.3 is 9.88 Å². The van der Waals surface area contributed by atoms with Crippen LogP contribution in [0.5, 0.6) is 0 Å². The van der Waals surface area contributed by atoms with E-state index >= 15 is 0 Å². The molecule has 4 rings (SSSR count). The van der Waals surface area contributed by atoms with Gasteiger partial charge in [0.2, 0.25) is 0 Å². The lowest BCUT2D eigenvalue weighted by Gasteiger charge is -2.33. The minimum Gasteiger partial charge on any atom is -0.310 e. The first-order valence-corrected chi connectivity index (χ1v) is 12.3. The lowest BCUT2D eigenvalue weighted by atomic mass is 9.72. The predicted molar refractivity (Wildman–Crippen MR) is 135 cm³/mol. The second kappa shape index (κ2) is 10.5. The van der Waals surface area contributed by atoms with Crippen molar-refractivity contribution >= 4 is 0 Å². The van der Waals surface area contributed by atoms with Crippen LogP contribution in [0, 0.1) is 18.8 Å². The molecule has 1 aromatic heterocycles. The van der Waals surface area contributed by atoms with E-state index in [0.717, 1.165) is 48.9 Å². The minimum absolute atomic E-state index is 0.125. The van der Waals surface area contributed by atoms with Gasteiger partial charge in [0.05, 0.1) is 0 Å².